The van der Waals surface area contributed by atoms with Crippen LogP contribution in [0.4, 0.5) is 0 Å². The van der Waals surface area contributed by atoms with Gasteiger partial charge in [-0.2, -0.15) is 0 Å². The maximum atomic E-state index is 11.1. The van der Waals surface area contributed by atoms with Crippen molar-refractivity contribution in [3.63, 3.8) is 0 Å². The summed E-state index contributed by atoms with van der Waals surface area (Å²) >= 11 is 0. The predicted molar refractivity (Wildman–Crippen MR) is 73.3 cm³/mol. The molecule has 0 saturated carbocycles. The third-order valence-electron chi connectivity index (χ3n) is 2.67. The molecule has 0 aliphatic carbocycles. The highest BCUT2D eigenvalue weighted by Crippen LogP contribution is 2.13. The van der Waals surface area contributed by atoms with Gasteiger partial charge in [-0.05, 0) is 37.1 Å². The fourth-order valence-electron chi connectivity index (χ4n) is 1.48. The Labute approximate surface area is 114 Å². The van der Waals surface area contributed by atoms with Gasteiger partial charge in [0.2, 0.25) is 0 Å². The maximum absolute atomic E-state index is 11.1. The normalized spacial score (nSPS) is 11.2. The van der Waals surface area contributed by atoms with Crippen molar-refractivity contribution in [2.45, 2.75) is 13.3 Å². The van der Waals surface area contributed by atoms with Crippen LogP contribution in [0.1, 0.15) is 12.5 Å². The molecule has 0 radical (unpaired) electrons. The molecular formula is C15H20O4. The van der Waals surface area contributed by atoms with E-state index in [4.69, 9.17) is 9.47 Å². The number of benzene rings is 1. The monoisotopic (exact) mass is 264 g/mol. The lowest BCUT2D eigenvalue weighted by Crippen LogP contribution is -2.04. The molecule has 104 valence electrons. The van der Waals surface area contributed by atoms with Gasteiger partial charge in [-0.3, -0.25) is 0 Å². The van der Waals surface area contributed by atoms with Crippen molar-refractivity contribution in [2.24, 2.45) is 0 Å². The lowest BCUT2D eigenvalue weighted by atomic mass is 10.1. The molecule has 0 bridgehead atoms. The minimum atomic E-state index is -0.335. The minimum Gasteiger partial charge on any atom is -0.490 e. The first-order valence-electron chi connectivity index (χ1n) is 6.13. The van der Waals surface area contributed by atoms with Gasteiger partial charge in [-0.15, -0.1) is 0 Å². The summed E-state index contributed by atoms with van der Waals surface area (Å²) in [6.45, 7) is 2.75. The molecule has 0 spiro atoms. The topological polar surface area (TPSA) is 44.8 Å². The molecule has 0 aromatic heterocycles. The Hall–Kier alpha value is -1.81. The number of carbonyl (C=O) groups excluding carboxylic acids is 1. The van der Waals surface area contributed by atoms with Gasteiger partial charge in [0.1, 0.15) is 12.4 Å². The lowest BCUT2D eigenvalue weighted by Gasteiger charge is -2.05. The van der Waals surface area contributed by atoms with Gasteiger partial charge in [-0.25, -0.2) is 4.79 Å². The Bertz CT molecular complexity index is 420. The number of esters is 1. The molecule has 0 saturated heterocycles. The third kappa shape index (κ3) is 5.57. The first kappa shape index (κ1) is 15.2. The van der Waals surface area contributed by atoms with Gasteiger partial charge < -0.3 is 14.2 Å². The fraction of sp³-hybridized carbons (Fsp3) is 0.400. The molecule has 0 aliphatic rings. The fourth-order valence-corrected chi connectivity index (χ4v) is 1.48. The summed E-state index contributed by atoms with van der Waals surface area (Å²) in [4.78, 5) is 11.1. The van der Waals surface area contributed by atoms with Gasteiger partial charge in [0.25, 0.3) is 0 Å². The number of rotatable bonds is 7. The zero-order valence-electron chi connectivity index (χ0n) is 11.6. The van der Waals surface area contributed by atoms with Crippen molar-refractivity contribution < 1.29 is 19.0 Å². The number of methoxy groups -OCH3 is 2. The van der Waals surface area contributed by atoms with E-state index in [0.717, 1.165) is 12.2 Å². The second-order valence-electron chi connectivity index (χ2n) is 4.08. The van der Waals surface area contributed by atoms with E-state index in [-0.39, 0.29) is 5.97 Å². The van der Waals surface area contributed by atoms with E-state index in [9.17, 15) is 4.79 Å². The van der Waals surface area contributed by atoms with Crippen LogP contribution < -0.4 is 4.74 Å². The number of hydrogen-bond acceptors (Lipinski definition) is 4. The van der Waals surface area contributed by atoms with Gasteiger partial charge in [-0.1, -0.05) is 12.1 Å². The van der Waals surface area contributed by atoms with E-state index in [1.165, 1.54) is 12.7 Å². The Balaban J connectivity index is 2.43. The van der Waals surface area contributed by atoms with Gasteiger partial charge in [0.05, 0.1) is 13.7 Å². The van der Waals surface area contributed by atoms with Crippen molar-refractivity contribution >= 4 is 5.97 Å². The third-order valence-corrected chi connectivity index (χ3v) is 2.67. The van der Waals surface area contributed by atoms with Crippen LogP contribution in [0.5, 0.6) is 5.75 Å². The average molecular weight is 264 g/mol. The summed E-state index contributed by atoms with van der Waals surface area (Å²) in [7, 11) is 3.05. The van der Waals surface area contributed by atoms with E-state index in [0.29, 0.717) is 18.8 Å². The Kier molecular flexibility index (Phi) is 6.68. The van der Waals surface area contributed by atoms with Crippen molar-refractivity contribution in [2.75, 3.05) is 27.4 Å². The quantitative estimate of drug-likeness (QED) is 0.560. The molecule has 4 nitrogen and oxygen atoms in total. The highest BCUT2D eigenvalue weighted by molar-refractivity contribution is 5.87. The second-order valence-corrected chi connectivity index (χ2v) is 4.08. The first-order chi connectivity index (χ1) is 9.17. The average Bonchev–Trinajstić information content (AvgIpc) is 2.45. The van der Waals surface area contributed by atoms with Crippen LogP contribution in [0, 0.1) is 0 Å². The second kappa shape index (κ2) is 8.32. The molecule has 4 heteroatoms. The van der Waals surface area contributed by atoms with E-state index in [2.05, 4.69) is 4.74 Å². The number of hydrogen-bond donors (Lipinski definition) is 0. The van der Waals surface area contributed by atoms with E-state index >= 15 is 0 Å². The summed E-state index contributed by atoms with van der Waals surface area (Å²) in [5.41, 5.74) is 1.75. The predicted octanol–water partition coefficient (Wildman–Crippen LogP) is 2.37. The van der Waals surface area contributed by atoms with Crippen LogP contribution in [-0.2, 0) is 20.7 Å². The number of ether oxygens (including phenoxy) is 3. The molecule has 0 atom stereocenters. The number of carbonyl (C=O) groups is 1. The zero-order chi connectivity index (χ0) is 14.1. The highest BCUT2D eigenvalue weighted by atomic mass is 16.5. The Morgan fingerprint density at radius 3 is 2.47 bits per heavy atom. The van der Waals surface area contributed by atoms with Gasteiger partial charge in [0, 0.05) is 12.7 Å². The van der Waals surface area contributed by atoms with Gasteiger partial charge >= 0.3 is 5.97 Å². The molecule has 1 aromatic rings. The van der Waals surface area contributed by atoms with E-state index in [1.54, 1.807) is 20.1 Å². The summed E-state index contributed by atoms with van der Waals surface area (Å²) in [5.74, 6) is 0.439. The van der Waals surface area contributed by atoms with E-state index < -0.39 is 0 Å². The summed E-state index contributed by atoms with van der Waals surface area (Å²) in [5, 5.41) is 0. The van der Waals surface area contributed by atoms with Crippen LogP contribution in [-0.4, -0.2) is 33.4 Å². The molecule has 0 N–H and O–H groups in total. The van der Waals surface area contributed by atoms with Crippen LogP contribution >= 0.6 is 0 Å². The molecule has 1 rings (SSSR count). The van der Waals surface area contributed by atoms with Crippen molar-refractivity contribution in [3.8, 4) is 5.75 Å². The summed E-state index contributed by atoms with van der Waals surface area (Å²) < 4.78 is 15.1. The maximum Gasteiger partial charge on any atom is 0.333 e. The molecule has 0 fully saturated rings. The molecule has 0 heterocycles. The molecule has 0 aliphatic heterocycles. The summed E-state index contributed by atoms with van der Waals surface area (Å²) in [6.07, 6.45) is 2.59. The van der Waals surface area contributed by atoms with Crippen molar-refractivity contribution in [1.82, 2.24) is 0 Å². The molecule has 19 heavy (non-hydrogen) atoms. The highest BCUT2D eigenvalue weighted by Gasteiger charge is 2.02. The van der Waals surface area contributed by atoms with Crippen LogP contribution in [0.25, 0.3) is 0 Å². The molecular weight excluding hydrogens is 244 g/mol. The SMILES string of the molecule is COCCc1ccc(OCC=C(C)C(=O)OC)cc1. The zero-order valence-corrected chi connectivity index (χ0v) is 11.6. The van der Waals surface area contributed by atoms with Crippen molar-refractivity contribution in [3.05, 3.63) is 41.5 Å². The standard InChI is InChI=1S/C15H20O4/c1-12(15(16)18-3)8-11-19-14-6-4-13(5-7-14)9-10-17-2/h4-8H,9-11H2,1-3H3. The molecule has 0 unspecified atom stereocenters. The van der Waals surface area contributed by atoms with Crippen LogP contribution in [0.2, 0.25) is 0 Å². The van der Waals surface area contributed by atoms with Gasteiger partial charge in [0.15, 0.2) is 0 Å². The lowest BCUT2D eigenvalue weighted by molar-refractivity contribution is -0.136. The smallest absolute Gasteiger partial charge is 0.333 e. The Morgan fingerprint density at radius 1 is 1.21 bits per heavy atom. The molecule has 1 aromatic carbocycles. The summed E-state index contributed by atoms with van der Waals surface area (Å²) in [6, 6.07) is 7.83. The molecule has 0 amide bonds. The van der Waals surface area contributed by atoms with Crippen molar-refractivity contribution in [1.29, 1.82) is 0 Å². The van der Waals surface area contributed by atoms with Crippen LogP contribution in [0.15, 0.2) is 35.9 Å². The van der Waals surface area contributed by atoms with E-state index in [1.807, 2.05) is 24.3 Å². The minimum absolute atomic E-state index is 0.335. The first-order valence-corrected chi connectivity index (χ1v) is 6.13. The van der Waals surface area contributed by atoms with Crippen LogP contribution in [0.3, 0.4) is 0 Å². The Morgan fingerprint density at radius 2 is 1.89 bits per heavy atom. The largest absolute Gasteiger partial charge is 0.490 e.